The quantitative estimate of drug-likeness (QED) is 0.878. The second-order valence-electron chi connectivity index (χ2n) is 6.75. The highest BCUT2D eigenvalue weighted by Crippen LogP contribution is 2.33. The molecule has 4 rings (SSSR count). The first-order valence-electron chi connectivity index (χ1n) is 8.90. The van der Waals surface area contributed by atoms with Gasteiger partial charge < -0.3 is 15.2 Å². The molecule has 136 valence electrons. The SMILES string of the molecule is O=C1C[C@@H](C(=O)NCc2nnc3n2CCCCC3)c2cc(F)ccc2N1. The number of aromatic nitrogens is 3. The number of aryl methyl sites for hydroxylation is 1. The number of rotatable bonds is 3. The zero-order valence-electron chi connectivity index (χ0n) is 14.3. The van der Waals surface area contributed by atoms with Gasteiger partial charge in [0.25, 0.3) is 0 Å². The third-order valence-electron chi connectivity index (χ3n) is 4.98. The average molecular weight is 357 g/mol. The number of amides is 2. The Morgan fingerprint density at radius 1 is 1.31 bits per heavy atom. The van der Waals surface area contributed by atoms with E-state index in [1.165, 1.54) is 18.2 Å². The summed E-state index contributed by atoms with van der Waals surface area (Å²) < 4.78 is 15.7. The number of anilines is 1. The van der Waals surface area contributed by atoms with Gasteiger partial charge in [0.1, 0.15) is 11.6 Å². The topological polar surface area (TPSA) is 88.9 Å². The molecule has 7 nitrogen and oxygen atoms in total. The maximum atomic E-state index is 13.6. The van der Waals surface area contributed by atoms with E-state index in [-0.39, 0.29) is 24.8 Å². The predicted octanol–water partition coefficient (Wildman–Crippen LogP) is 1.89. The molecule has 1 atom stereocenters. The molecule has 1 aromatic carbocycles. The molecule has 26 heavy (non-hydrogen) atoms. The monoisotopic (exact) mass is 357 g/mol. The van der Waals surface area contributed by atoms with Crippen molar-refractivity contribution in [3.05, 3.63) is 41.2 Å². The van der Waals surface area contributed by atoms with E-state index in [2.05, 4.69) is 25.4 Å². The van der Waals surface area contributed by atoms with Gasteiger partial charge in [0.15, 0.2) is 5.82 Å². The van der Waals surface area contributed by atoms with Crippen LogP contribution in [0.3, 0.4) is 0 Å². The first-order chi connectivity index (χ1) is 12.6. The highest BCUT2D eigenvalue weighted by Gasteiger charge is 2.31. The third kappa shape index (κ3) is 3.18. The van der Waals surface area contributed by atoms with E-state index in [1.807, 2.05) is 0 Å². The van der Waals surface area contributed by atoms with Gasteiger partial charge in [-0.05, 0) is 36.6 Å². The summed E-state index contributed by atoms with van der Waals surface area (Å²) in [4.78, 5) is 24.6. The molecule has 2 amide bonds. The molecule has 2 N–H and O–H groups in total. The van der Waals surface area contributed by atoms with Crippen molar-refractivity contribution in [1.82, 2.24) is 20.1 Å². The van der Waals surface area contributed by atoms with Crippen LogP contribution in [-0.2, 0) is 29.1 Å². The fraction of sp³-hybridized carbons (Fsp3) is 0.444. The van der Waals surface area contributed by atoms with Gasteiger partial charge in [-0.3, -0.25) is 9.59 Å². The van der Waals surface area contributed by atoms with Crippen LogP contribution in [0.2, 0.25) is 0 Å². The van der Waals surface area contributed by atoms with Crippen LogP contribution in [-0.4, -0.2) is 26.6 Å². The largest absolute Gasteiger partial charge is 0.348 e. The lowest BCUT2D eigenvalue weighted by Crippen LogP contribution is -2.35. The Morgan fingerprint density at radius 3 is 3.08 bits per heavy atom. The van der Waals surface area contributed by atoms with E-state index in [4.69, 9.17) is 0 Å². The normalized spacial score (nSPS) is 19.1. The zero-order valence-corrected chi connectivity index (χ0v) is 14.3. The van der Waals surface area contributed by atoms with Crippen LogP contribution in [0.4, 0.5) is 10.1 Å². The number of carbonyl (C=O) groups excluding carboxylic acids is 2. The lowest BCUT2D eigenvalue weighted by atomic mass is 9.89. The summed E-state index contributed by atoms with van der Waals surface area (Å²) in [5.74, 6) is -0.0223. The number of benzene rings is 1. The number of nitrogens with zero attached hydrogens (tertiary/aromatic N) is 3. The van der Waals surface area contributed by atoms with Crippen molar-refractivity contribution in [1.29, 1.82) is 0 Å². The fourth-order valence-electron chi connectivity index (χ4n) is 3.63. The lowest BCUT2D eigenvalue weighted by Gasteiger charge is -2.24. The molecule has 2 aliphatic rings. The number of hydrogen-bond donors (Lipinski definition) is 2. The molecule has 0 radical (unpaired) electrons. The number of carbonyl (C=O) groups is 2. The number of nitrogens with one attached hydrogen (secondary N) is 2. The van der Waals surface area contributed by atoms with Crippen LogP contribution in [0.25, 0.3) is 0 Å². The lowest BCUT2D eigenvalue weighted by molar-refractivity contribution is -0.126. The van der Waals surface area contributed by atoms with Gasteiger partial charge >= 0.3 is 0 Å². The molecular weight excluding hydrogens is 337 g/mol. The summed E-state index contributed by atoms with van der Waals surface area (Å²) in [5.41, 5.74) is 0.987. The molecule has 0 spiro atoms. The molecule has 8 heteroatoms. The minimum Gasteiger partial charge on any atom is -0.348 e. The van der Waals surface area contributed by atoms with Crippen molar-refractivity contribution in [2.75, 3.05) is 5.32 Å². The number of halogens is 1. The van der Waals surface area contributed by atoms with E-state index in [9.17, 15) is 14.0 Å². The zero-order chi connectivity index (χ0) is 18.1. The van der Waals surface area contributed by atoms with Crippen LogP contribution in [0, 0.1) is 5.82 Å². The fourth-order valence-corrected chi connectivity index (χ4v) is 3.63. The summed E-state index contributed by atoms with van der Waals surface area (Å²) in [6, 6.07) is 4.06. The number of hydrogen-bond acceptors (Lipinski definition) is 4. The highest BCUT2D eigenvalue weighted by atomic mass is 19.1. The van der Waals surface area contributed by atoms with Crippen LogP contribution in [0.15, 0.2) is 18.2 Å². The van der Waals surface area contributed by atoms with Crippen molar-refractivity contribution >= 4 is 17.5 Å². The van der Waals surface area contributed by atoms with Gasteiger partial charge in [-0.25, -0.2) is 4.39 Å². The second kappa shape index (κ2) is 6.86. The first kappa shape index (κ1) is 16.7. The summed E-state index contributed by atoms with van der Waals surface area (Å²) >= 11 is 0. The van der Waals surface area contributed by atoms with Gasteiger partial charge in [0.05, 0.1) is 12.5 Å². The molecule has 0 saturated carbocycles. The smallest absolute Gasteiger partial charge is 0.228 e. The molecule has 0 unspecified atom stereocenters. The van der Waals surface area contributed by atoms with E-state index in [0.717, 1.165) is 43.9 Å². The summed E-state index contributed by atoms with van der Waals surface area (Å²) in [5, 5.41) is 13.9. The molecule has 0 saturated heterocycles. The van der Waals surface area contributed by atoms with Crippen LogP contribution in [0.5, 0.6) is 0 Å². The molecule has 0 fully saturated rings. The van der Waals surface area contributed by atoms with Gasteiger partial charge in [-0.2, -0.15) is 0 Å². The summed E-state index contributed by atoms with van der Waals surface area (Å²) in [6.45, 7) is 1.10. The Labute approximate surface area is 150 Å². The summed E-state index contributed by atoms with van der Waals surface area (Å²) in [6.07, 6.45) is 4.23. The molecular formula is C18H20FN5O2. The molecule has 0 bridgehead atoms. The molecule has 2 aliphatic heterocycles. The van der Waals surface area contributed by atoms with Crippen molar-refractivity contribution in [3.63, 3.8) is 0 Å². The predicted molar refractivity (Wildman–Crippen MR) is 91.8 cm³/mol. The second-order valence-corrected chi connectivity index (χ2v) is 6.75. The van der Waals surface area contributed by atoms with Gasteiger partial charge in [0, 0.05) is 25.1 Å². The Morgan fingerprint density at radius 2 is 2.19 bits per heavy atom. The van der Waals surface area contributed by atoms with E-state index in [0.29, 0.717) is 11.3 Å². The van der Waals surface area contributed by atoms with E-state index < -0.39 is 11.7 Å². The maximum absolute atomic E-state index is 13.6. The highest BCUT2D eigenvalue weighted by molar-refractivity contribution is 6.01. The van der Waals surface area contributed by atoms with Crippen molar-refractivity contribution in [2.24, 2.45) is 0 Å². The van der Waals surface area contributed by atoms with Crippen LogP contribution >= 0.6 is 0 Å². The molecule has 1 aromatic heterocycles. The molecule has 2 aromatic rings. The van der Waals surface area contributed by atoms with Crippen molar-refractivity contribution in [2.45, 2.75) is 51.1 Å². The van der Waals surface area contributed by atoms with Gasteiger partial charge in [-0.1, -0.05) is 6.42 Å². The van der Waals surface area contributed by atoms with Crippen molar-refractivity contribution < 1.29 is 14.0 Å². The molecule has 0 aliphatic carbocycles. The Hall–Kier alpha value is -2.77. The summed E-state index contributed by atoms with van der Waals surface area (Å²) in [7, 11) is 0. The van der Waals surface area contributed by atoms with Crippen molar-refractivity contribution in [3.8, 4) is 0 Å². The van der Waals surface area contributed by atoms with Gasteiger partial charge in [-0.15, -0.1) is 10.2 Å². The number of fused-ring (bicyclic) bond motifs is 2. The van der Waals surface area contributed by atoms with E-state index in [1.54, 1.807) is 0 Å². The average Bonchev–Trinajstić information content (AvgIpc) is 2.85. The van der Waals surface area contributed by atoms with E-state index >= 15 is 0 Å². The van der Waals surface area contributed by atoms with Crippen LogP contribution in [0.1, 0.15) is 48.8 Å². The standard InChI is InChI=1S/C18H20FN5O2/c19-11-5-6-14-12(8-11)13(9-17(25)21-14)18(26)20-10-16-23-22-15-4-2-1-3-7-24(15)16/h5-6,8,13H,1-4,7,9-10H2,(H,20,26)(H,21,25)/t13-/m1/s1. The third-order valence-corrected chi connectivity index (χ3v) is 4.98. The Kier molecular flexibility index (Phi) is 4.40. The minimum atomic E-state index is -0.707. The van der Waals surface area contributed by atoms with Crippen LogP contribution < -0.4 is 10.6 Å². The maximum Gasteiger partial charge on any atom is 0.228 e. The molecule has 3 heterocycles. The van der Waals surface area contributed by atoms with Gasteiger partial charge in [0.2, 0.25) is 11.8 Å². The Balaban J connectivity index is 1.50. The first-order valence-corrected chi connectivity index (χ1v) is 8.90. The minimum absolute atomic E-state index is 0.000225. The Bertz CT molecular complexity index is 863.